The predicted molar refractivity (Wildman–Crippen MR) is 131 cm³/mol. The molecule has 162 valence electrons. The summed E-state index contributed by atoms with van der Waals surface area (Å²) in [7, 11) is 0. The molecule has 0 bridgehead atoms. The summed E-state index contributed by atoms with van der Waals surface area (Å²) in [6, 6.07) is 10.7. The molecule has 0 radical (unpaired) electrons. The van der Waals surface area contributed by atoms with Crippen molar-refractivity contribution in [2.75, 3.05) is 0 Å². The molecule has 1 aromatic rings. The number of hydrogen-bond donors (Lipinski definition) is 0. The summed E-state index contributed by atoms with van der Waals surface area (Å²) < 4.78 is 0. The van der Waals surface area contributed by atoms with Crippen molar-refractivity contribution in [3.05, 3.63) is 84.0 Å². The highest BCUT2D eigenvalue weighted by Crippen LogP contribution is 2.25. The summed E-state index contributed by atoms with van der Waals surface area (Å²) in [5.74, 6) is 0.421. The van der Waals surface area contributed by atoms with Crippen LogP contribution in [0.1, 0.15) is 83.1 Å². The molecule has 30 heavy (non-hydrogen) atoms. The minimum atomic E-state index is 0.179. The first-order chi connectivity index (χ1) is 14.8. The van der Waals surface area contributed by atoms with Crippen LogP contribution in [0, 0.1) is 5.92 Å². The highest BCUT2D eigenvalue weighted by atomic mass is 16.1. The fraction of sp³-hybridized carbons (Fsp3) is 0.483. The summed E-state index contributed by atoms with van der Waals surface area (Å²) >= 11 is 0. The van der Waals surface area contributed by atoms with Gasteiger partial charge in [0.2, 0.25) is 0 Å². The zero-order valence-corrected chi connectivity index (χ0v) is 18.9. The topological polar surface area (TPSA) is 17.1 Å². The Labute approximate surface area is 184 Å². The number of carbonyl (C=O) groups is 1. The molecule has 0 saturated heterocycles. The van der Waals surface area contributed by atoms with Gasteiger partial charge in [-0.1, -0.05) is 112 Å². The maximum Gasteiger partial charge on any atom is 0.182 e. The predicted octanol–water partition coefficient (Wildman–Crippen LogP) is 8.33. The van der Waals surface area contributed by atoms with Crippen molar-refractivity contribution >= 4 is 5.78 Å². The molecule has 0 heterocycles. The number of aryl methyl sites for hydroxylation is 1. The third-order valence-electron chi connectivity index (χ3n) is 5.79. The number of rotatable bonds is 15. The minimum Gasteiger partial charge on any atom is -0.290 e. The van der Waals surface area contributed by atoms with E-state index in [9.17, 15) is 4.79 Å². The molecule has 1 aliphatic rings. The molecule has 0 N–H and O–H groups in total. The van der Waals surface area contributed by atoms with Crippen LogP contribution in [0.15, 0.2) is 78.4 Å². The van der Waals surface area contributed by atoms with Crippen LogP contribution in [0.3, 0.4) is 0 Å². The first-order valence-corrected chi connectivity index (χ1v) is 12.1. The second-order valence-corrected chi connectivity index (χ2v) is 8.37. The zero-order valence-electron chi connectivity index (χ0n) is 18.9. The number of unbranched alkanes of at least 4 members (excludes halogenated alkanes) is 8. The Kier molecular flexibility index (Phi) is 12.6. The molecule has 0 saturated carbocycles. The van der Waals surface area contributed by atoms with Crippen LogP contribution in [0.2, 0.25) is 0 Å². The van der Waals surface area contributed by atoms with Crippen LogP contribution in [0.5, 0.6) is 0 Å². The Balaban J connectivity index is 1.62. The van der Waals surface area contributed by atoms with Crippen molar-refractivity contribution in [1.82, 2.24) is 0 Å². The van der Waals surface area contributed by atoms with Gasteiger partial charge in [-0.3, -0.25) is 4.79 Å². The van der Waals surface area contributed by atoms with E-state index >= 15 is 0 Å². The van der Waals surface area contributed by atoms with Crippen LogP contribution >= 0.6 is 0 Å². The lowest BCUT2D eigenvalue weighted by molar-refractivity contribution is -0.111. The van der Waals surface area contributed by atoms with E-state index in [-0.39, 0.29) is 11.7 Å². The fourth-order valence-electron chi connectivity index (χ4n) is 3.91. The summed E-state index contributed by atoms with van der Waals surface area (Å²) in [4.78, 5) is 12.2. The van der Waals surface area contributed by atoms with Gasteiger partial charge >= 0.3 is 0 Å². The van der Waals surface area contributed by atoms with Crippen molar-refractivity contribution in [1.29, 1.82) is 0 Å². The van der Waals surface area contributed by atoms with E-state index in [4.69, 9.17) is 0 Å². The Bertz CT molecular complexity index is 705. The molecular weight excluding hydrogens is 364 g/mol. The van der Waals surface area contributed by atoms with Crippen molar-refractivity contribution in [2.45, 2.75) is 84.0 Å². The highest BCUT2D eigenvalue weighted by Gasteiger charge is 2.20. The Morgan fingerprint density at radius 3 is 2.37 bits per heavy atom. The van der Waals surface area contributed by atoms with Crippen LogP contribution < -0.4 is 0 Å². The van der Waals surface area contributed by atoms with Crippen LogP contribution in [0.4, 0.5) is 0 Å². The van der Waals surface area contributed by atoms with Gasteiger partial charge in [0.05, 0.1) is 0 Å². The van der Waals surface area contributed by atoms with E-state index in [0.717, 1.165) is 31.3 Å². The number of carbonyl (C=O) groups excluding carboxylic acids is 1. The van der Waals surface area contributed by atoms with Crippen LogP contribution in [-0.2, 0) is 11.2 Å². The first-order valence-electron chi connectivity index (χ1n) is 12.1. The first kappa shape index (κ1) is 24.1. The third kappa shape index (κ3) is 10.1. The molecule has 1 aromatic carbocycles. The molecule has 1 atom stereocenters. The quantitative estimate of drug-likeness (QED) is 0.163. The van der Waals surface area contributed by atoms with Crippen molar-refractivity contribution in [2.24, 2.45) is 5.92 Å². The Morgan fingerprint density at radius 2 is 1.57 bits per heavy atom. The van der Waals surface area contributed by atoms with Crippen LogP contribution in [-0.4, -0.2) is 5.78 Å². The highest BCUT2D eigenvalue weighted by molar-refractivity contribution is 6.07. The number of allylic oxidation sites excluding steroid dienone is 8. The second kappa shape index (κ2) is 15.7. The van der Waals surface area contributed by atoms with Gasteiger partial charge in [-0.05, 0) is 50.2 Å². The monoisotopic (exact) mass is 404 g/mol. The van der Waals surface area contributed by atoms with Gasteiger partial charge in [0, 0.05) is 11.5 Å². The molecule has 1 nitrogen and oxygen atoms in total. The van der Waals surface area contributed by atoms with Gasteiger partial charge in [-0.2, -0.15) is 0 Å². The second-order valence-electron chi connectivity index (χ2n) is 8.37. The van der Waals surface area contributed by atoms with E-state index in [1.165, 1.54) is 56.9 Å². The largest absolute Gasteiger partial charge is 0.290 e. The van der Waals surface area contributed by atoms with Crippen molar-refractivity contribution < 1.29 is 4.79 Å². The SMILES string of the molecule is CCCCCCCCC/C=C/C=C1/C(=O)C=C[C@@H]1C/C=C\CCCc1ccccc1. The lowest BCUT2D eigenvalue weighted by Gasteiger charge is -2.06. The molecular formula is C29H40O. The van der Waals surface area contributed by atoms with Gasteiger partial charge < -0.3 is 0 Å². The molecule has 1 heteroatoms. The average molecular weight is 405 g/mol. The zero-order chi connectivity index (χ0) is 21.3. The molecule has 0 fully saturated rings. The molecule has 0 amide bonds. The lowest BCUT2D eigenvalue weighted by atomic mass is 9.97. The molecule has 0 unspecified atom stereocenters. The number of ketones is 1. The summed E-state index contributed by atoms with van der Waals surface area (Å²) in [6.45, 7) is 2.26. The summed E-state index contributed by atoms with van der Waals surface area (Å²) in [5, 5.41) is 0. The molecule has 0 aliphatic heterocycles. The summed E-state index contributed by atoms with van der Waals surface area (Å²) in [6.07, 6.45) is 29.5. The Morgan fingerprint density at radius 1 is 0.833 bits per heavy atom. The normalized spacial score (nSPS) is 17.8. The molecule has 1 aliphatic carbocycles. The van der Waals surface area contributed by atoms with Gasteiger partial charge in [-0.15, -0.1) is 0 Å². The van der Waals surface area contributed by atoms with Gasteiger partial charge in [0.25, 0.3) is 0 Å². The molecule has 0 spiro atoms. The van der Waals surface area contributed by atoms with Gasteiger partial charge in [0.15, 0.2) is 5.78 Å². The maximum absolute atomic E-state index is 12.2. The Hall–Kier alpha value is -2.15. The van der Waals surface area contributed by atoms with E-state index in [2.05, 4.69) is 67.6 Å². The van der Waals surface area contributed by atoms with E-state index in [0.29, 0.717) is 0 Å². The van der Waals surface area contributed by atoms with Crippen molar-refractivity contribution in [3.63, 3.8) is 0 Å². The minimum absolute atomic E-state index is 0.179. The van der Waals surface area contributed by atoms with E-state index in [1.807, 2.05) is 6.08 Å². The smallest absolute Gasteiger partial charge is 0.182 e. The van der Waals surface area contributed by atoms with E-state index in [1.54, 1.807) is 6.08 Å². The van der Waals surface area contributed by atoms with Crippen LogP contribution in [0.25, 0.3) is 0 Å². The van der Waals surface area contributed by atoms with Gasteiger partial charge in [-0.25, -0.2) is 0 Å². The fourth-order valence-corrected chi connectivity index (χ4v) is 3.91. The molecule has 0 aromatic heterocycles. The van der Waals surface area contributed by atoms with Gasteiger partial charge in [0.1, 0.15) is 0 Å². The molecule has 2 rings (SSSR count). The average Bonchev–Trinajstić information content (AvgIpc) is 3.12. The lowest BCUT2D eigenvalue weighted by Crippen LogP contribution is -2.01. The maximum atomic E-state index is 12.2. The number of hydrogen-bond acceptors (Lipinski definition) is 1. The number of benzene rings is 1. The van der Waals surface area contributed by atoms with E-state index < -0.39 is 0 Å². The standard InChI is InChI=1S/C29H40O/c1-2-3-4-5-6-7-8-9-10-18-23-28-27(24-25-29(28)30)22-17-12-11-14-19-26-20-15-13-16-21-26/h10,12-13,15-18,20-21,23-25,27H,2-9,11,14,19,22H2,1H3/b17-12-,18-10+,28-23+/t27-/m0/s1. The third-order valence-corrected chi connectivity index (χ3v) is 5.79. The van der Waals surface area contributed by atoms with Crippen molar-refractivity contribution in [3.8, 4) is 0 Å². The summed E-state index contributed by atoms with van der Waals surface area (Å²) in [5.41, 5.74) is 2.35.